The van der Waals surface area contributed by atoms with Crippen molar-refractivity contribution in [1.29, 1.82) is 0 Å². The summed E-state index contributed by atoms with van der Waals surface area (Å²) in [6.07, 6.45) is 7.83. The van der Waals surface area contributed by atoms with Crippen molar-refractivity contribution in [1.82, 2.24) is 15.5 Å². The van der Waals surface area contributed by atoms with Crippen LogP contribution < -0.4 is 10.6 Å². The molecule has 28 heavy (non-hydrogen) atoms. The van der Waals surface area contributed by atoms with Crippen LogP contribution in [0.5, 0.6) is 0 Å². The third kappa shape index (κ3) is 4.78. The molecule has 0 radical (unpaired) electrons. The third-order valence-electron chi connectivity index (χ3n) is 5.20. The van der Waals surface area contributed by atoms with Crippen LogP contribution in [0, 0.1) is 18.3 Å². The first-order chi connectivity index (χ1) is 13.3. The summed E-state index contributed by atoms with van der Waals surface area (Å²) in [7, 11) is 0. The number of fused-ring (bicyclic) bond motifs is 1. The molecule has 6 nitrogen and oxygen atoms in total. The maximum atomic E-state index is 12.7. The predicted octanol–water partition coefficient (Wildman–Crippen LogP) is 3.23. The minimum Gasteiger partial charge on any atom is -0.444 e. The molecule has 1 aliphatic carbocycles. The number of benzene rings is 1. The second kappa shape index (κ2) is 8.14. The number of hydrogen-bond donors (Lipinski definition) is 2. The Morgan fingerprint density at radius 2 is 2.00 bits per heavy atom. The van der Waals surface area contributed by atoms with Gasteiger partial charge < -0.3 is 20.3 Å². The van der Waals surface area contributed by atoms with Crippen molar-refractivity contribution in [2.45, 2.75) is 57.7 Å². The van der Waals surface area contributed by atoms with Gasteiger partial charge in [-0.15, -0.1) is 6.42 Å². The Morgan fingerprint density at radius 3 is 2.68 bits per heavy atom. The number of ether oxygens (including phenoxy) is 1. The minimum absolute atomic E-state index is 0.110. The van der Waals surface area contributed by atoms with E-state index in [1.807, 2.05) is 39.0 Å². The summed E-state index contributed by atoms with van der Waals surface area (Å²) in [6, 6.07) is 7.72. The quantitative estimate of drug-likeness (QED) is 0.788. The maximum Gasteiger partial charge on any atom is 0.407 e. The summed E-state index contributed by atoms with van der Waals surface area (Å²) in [4.78, 5) is 26.2. The highest BCUT2D eigenvalue weighted by molar-refractivity contribution is 5.76. The van der Waals surface area contributed by atoms with Gasteiger partial charge in [0.15, 0.2) is 0 Å². The van der Waals surface area contributed by atoms with Crippen LogP contribution in [0.25, 0.3) is 0 Å². The fourth-order valence-electron chi connectivity index (χ4n) is 3.78. The number of nitrogens with one attached hydrogen (secondary N) is 2. The molecular weight excluding hydrogens is 354 g/mol. The number of rotatable bonds is 3. The molecule has 0 bridgehead atoms. The second-order valence-corrected chi connectivity index (χ2v) is 8.58. The second-order valence-electron chi connectivity index (χ2n) is 8.58. The van der Waals surface area contributed by atoms with Gasteiger partial charge in [-0.3, -0.25) is 0 Å². The molecule has 1 aliphatic heterocycles. The smallest absolute Gasteiger partial charge is 0.407 e. The van der Waals surface area contributed by atoms with Gasteiger partial charge in [-0.05, 0) is 57.1 Å². The van der Waals surface area contributed by atoms with Crippen molar-refractivity contribution in [2.24, 2.45) is 5.92 Å². The van der Waals surface area contributed by atoms with Crippen LogP contribution in [0.1, 0.15) is 50.8 Å². The van der Waals surface area contributed by atoms with Crippen LogP contribution >= 0.6 is 0 Å². The van der Waals surface area contributed by atoms with E-state index in [-0.39, 0.29) is 18.1 Å². The summed E-state index contributed by atoms with van der Waals surface area (Å²) in [5, 5.41) is 5.88. The molecule has 1 saturated carbocycles. The van der Waals surface area contributed by atoms with Crippen molar-refractivity contribution in [3.8, 4) is 12.3 Å². The first-order valence-electron chi connectivity index (χ1n) is 9.84. The lowest BCUT2D eigenvalue weighted by molar-refractivity contribution is 0.0503. The van der Waals surface area contributed by atoms with Crippen LogP contribution in [-0.4, -0.2) is 41.8 Å². The Kier molecular flexibility index (Phi) is 5.83. The zero-order valence-electron chi connectivity index (χ0n) is 16.8. The molecule has 1 aromatic carbocycles. The Balaban J connectivity index is 1.45. The van der Waals surface area contributed by atoms with E-state index in [0.29, 0.717) is 19.0 Å². The van der Waals surface area contributed by atoms with Gasteiger partial charge in [0.05, 0.1) is 0 Å². The van der Waals surface area contributed by atoms with E-state index in [0.717, 1.165) is 24.8 Å². The number of amides is 3. The molecular formula is C22H29N3O3. The van der Waals surface area contributed by atoms with Crippen LogP contribution in [0.3, 0.4) is 0 Å². The summed E-state index contributed by atoms with van der Waals surface area (Å²) in [5.41, 5.74) is 1.76. The number of terminal acetylenes is 1. The Labute approximate surface area is 167 Å². The lowest BCUT2D eigenvalue weighted by Crippen LogP contribution is -2.53. The average Bonchev–Trinajstić information content (AvgIpc) is 2.60. The molecule has 0 unspecified atom stereocenters. The SMILES string of the molecule is C#C[C@H]1c2ccccc2CCN1C(=O)NC1CC(CNC(=O)OC(C)(C)C)C1. The Morgan fingerprint density at radius 1 is 1.29 bits per heavy atom. The minimum atomic E-state index is -0.499. The van der Waals surface area contributed by atoms with Gasteiger partial charge >= 0.3 is 12.1 Å². The van der Waals surface area contributed by atoms with E-state index in [9.17, 15) is 9.59 Å². The molecule has 0 aromatic heterocycles. The van der Waals surface area contributed by atoms with Gasteiger partial charge in [0.25, 0.3) is 0 Å². The van der Waals surface area contributed by atoms with Crippen molar-refractivity contribution in [3.05, 3.63) is 35.4 Å². The van der Waals surface area contributed by atoms with Gasteiger partial charge in [0.1, 0.15) is 11.6 Å². The van der Waals surface area contributed by atoms with Crippen molar-refractivity contribution < 1.29 is 14.3 Å². The van der Waals surface area contributed by atoms with Crippen molar-refractivity contribution in [2.75, 3.05) is 13.1 Å². The highest BCUT2D eigenvalue weighted by atomic mass is 16.6. The lowest BCUT2D eigenvalue weighted by atomic mass is 9.80. The van der Waals surface area contributed by atoms with Gasteiger partial charge in [-0.1, -0.05) is 30.2 Å². The molecule has 1 aromatic rings. The van der Waals surface area contributed by atoms with Crippen LogP contribution in [0.15, 0.2) is 24.3 Å². The number of carbonyl (C=O) groups excluding carboxylic acids is 2. The van der Waals surface area contributed by atoms with Gasteiger partial charge in [-0.25, -0.2) is 9.59 Å². The highest BCUT2D eigenvalue weighted by Crippen LogP contribution is 2.31. The summed E-state index contributed by atoms with van der Waals surface area (Å²) < 4.78 is 5.24. The van der Waals surface area contributed by atoms with Crippen molar-refractivity contribution in [3.63, 3.8) is 0 Å². The number of nitrogens with zero attached hydrogens (tertiary/aromatic N) is 1. The van der Waals surface area contributed by atoms with E-state index in [1.165, 1.54) is 5.56 Å². The van der Waals surface area contributed by atoms with Crippen LogP contribution in [-0.2, 0) is 11.2 Å². The summed E-state index contributed by atoms with van der Waals surface area (Å²) in [6.45, 7) is 6.69. The lowest BCUT2D eigenvalue weighted by Gasteiger charge is -2.39. The zero-order valence-corrected chi connectivity index (χ0v) is 16.8. The summed E-state index contributed by atoms with van der Waals surface area (Å²) >= 11 is 0. The molecule has 3 amide bonds. The summed E-state index contributed by atoms with van der Waals surface area (Å²) in [5.74, 6) is 3.11. The molecule has 1 atom stereocenters. The van der Waals surface area contributed by atoms with E-state index in [4.69, 9.17) is 11.2 Å². The molecule has 0 saturated heterocycles. The standard InChI is InChI=1S/C22H29N3O3/c1-5-19-18-9-7-6-8-16(18)10-11-25(19)20(26)24-17-12-15(13-17)14-23-21(27)28-22(2,3)4/h1,6-9,15,17,19H,10-14H2,2-4H3,(H,23,27)(H,24,26)/t15?,17?,19-/m0/s1. The highest BCUT2D eigenvalue weighted by Gasteiger charge is 2.35. The van der Waals surface area contributed by atoms with Crippen molar-refractivity contribution >= 4 is 12.1 Å². The van der Waals surface area contributed by atoms with E-state index in [1.54, 1.807) is 4.90 Å². The largest absolute Gasteiger partial charge is 0.444 e. The predicted molar refractivity (Wildman–Crippen MR) is 108 cm³/mol. The molecule has 2 N–H and O–H groups in total. The normalized spacial score (nSPS) is 23.6. The maximum absolute atomic E-state index is 12.7. The molecule has 1 fully saturated rings. The first kappa shape index (κ1) is 20.1. The monoisotopic (exact) mass is 383 g/mol. The van der Waals surface area contributed by atoms with Gasteiger partial charge in [0.2, 0.25) is 0 Å². The number of hydrogen-bond acceptors (Lipinski definition) is 3. The molecule has 150 valence electrons. The fourth-order valence-corrected chi connectivity index (χ4v) is 3.78. The first-order valence-corrected chi connectivity index (χ1v) is 9.84. The van der Waals surface area contributed by atoms with E-state index < -0.39 is 11.7 Å². The van der Waals surface area contributed by atoms with E-state index in [2.05, 4.69) is 22.6 Å². The Bertz CT molecular complexity index is 772. The number of carbonyl (C=O) groups is 2. The fraction of sp³-hybridized carbons (Fsp3) is 0.545. The topological polar surface area (TPSA) is 70.7 Å². The molecule has 1 heterocycles. The van der Waals surface area contributed by atoms with E-state index >= 15 is 0 Å². The zero-order chi connectivity index (χ0) is 20.3. The molecule has 0 spiro atoms. The average molecular weight is 383 g/mol. The van der Waals surface area contributed by atoms with Gasteiger partial charge in [-0.2, -0.15) is 0 Å². The number of urea groups is 1. The molecule has 3 rings (SSSR count). The third-order valence-corrected chi connectivity index (χ3v) is 5.20. The molecule has 2 aliphatic rings. The number of alkyl carbamates (subject to hydrolysis) is 1. The van der Waals surface area contributed by atoms with Crippen LogP contribution in [0.2, 0.25) is 0 Å². The van der Waals surface area contributed by atoms with Gasteiger partial charge in [0, 0.05) is 19.1 Å². The van der Waals surface area contributed by atoms with Crippen LogP contribution in [0.4, 0.5) is 9.59 Å². The molecule has 6 heteroatoms. The Hall–Kier alpha value is -2.68.